The molecule has 1 N–H and O–H groups in total. The first-order valence-corrected chi connectivity index (χ1v) is 7.70. The molecule has 23 heavy (non-hydrogen) atoms. The van der Waals surface area contributed by atoms with Crippen molar-refractivity contribution in [2.45, 2.75) is 32.0 Å². The minimum absolute atomic E-state index is 0.216. The number of rotatable bonds is 1. The maximum atomic E-state index is 12.7. The van der Waals surface area contributed by atoms with Crippen LogP contribution in [0.25, 0.3) is 11.0 Å². The van der Waals surface area contributed by atoms with Gasteiger partial charge in [-0.2, -0.15) is 0 Å². The van der Waals surface area contributed by atoms with Gasteiger partial charge in [0.1, 0.15) is 6.04 Å². The Labute approximate surface area is 132 Å². The molecule has 2 aromatic rings. The number of amides is 2. The highest BCUT2D eigenvalue weighted by molar-refractivity contribution is 6.00. The van der Waals surface area contributed by atoms with Gasteiger partial charge in [-0.15, -0.1) is 0 Å². The number of benzene rings is 1. The topological polar surface area (TPSA) is 76.3 Å². The van der Waals surface area contributed by atoms with Crippen molar-refractivity contribution in [3.8, 4) is 0 Å². The lowest BCUT2D eigenvalue weighted by molar-refractivity contribution is -0.135. The molecule has 1 atom stereocenters. The SMILES string of the molecule is CN1Cc2cc3c(cc2C1)n(C1CCC(=O)NC1=O)c(=O)n3C. The second-order valence-corrected chi connectivity index (χ2v) is 6.46. The summed E-state index contributed by atoms with van der Waals surface area (Å²) < 4.78 is 3.12. The van der Waals surface area contributed by atoms with Crippen LogP contribution in [0.3, 0.4) is 0 Å². The number of fused-ring (bicyclic) bond motifs is 2. The Kier molecular flexibility index (Phi) is 2.96. The molecule has 0 radical (unpaired) electrons. The minimum Gasteiger partial charge on any atom is -0.298 e. The van der Waals surface area contributed by atoms with Crippen LogP contribution in [0.1, 0.15) is 30.0 Å². The van der Waals surface area contributed by atoms with Crippen molar-refractivity contribution in [2.24, 2.45) is 7.05 Å². The van der Waals surface area contributed by atoms with Crippen LogP contribution in [0, 0.1) is 0 Å². The fraction of sp³-hybridized carbons (Fsp3) is 0.438. The lowest BCUT2D eigenvalue weighted by atomic mass is 10.0. The van der Waals surface area contributed by atoms with Crippen LogP contribution < -0.4 is 11.0 Å². The second kappa shape index (κ2) is 4.79. The maximum Gasteiger partial charge on any atom is 0.329 e. The lowest BCUT2D eigenvalue weighted by Crippen LogP contribution is -2.44. The Bertz CT molecular complexity index is 908. The summed E-state index contributed by atoms with van der Waals surface area (Å²) in [7, 11) is 3.77. The summed E-state index contributed by atoms with van der Waals surface area (Å²) in [5.41, 5.74) is 3.78. The van der Waals surface area contributed by atoms with Gasteiger partial charge in [-0.3, -0.25) is 28.9 Å². The molecule has 1 saturated heterocycles. The smallest absolute Gasteiger partial charge is 0.298 e. The number of nitrogens with one attached hydrogen (secondary N) is 1. The molecule has 0 saturated carbocycles. The number of aromatic nitrogens is 2. The molecule has 1 aromatic heterocycles. The van der Waals surface area contributed by atoms with Crippen LogP contribution in [-0.2, 0) is 29.7 Å². The van der Waals surface area contributed by atoms with Crippen LogP contribution in [0.15, 0.2) is 16.9 Å². The van der Waals surface area contributed by atoms with Crippen LogP contribution in [-0.4, -0.2) is 32.9 Å². The first kappa shape index (κ1) is 14.2. The van der Waals surface area contributed by atoms with Gasteiger partial charge >= 0.3 is 5.69 Å². The van der Waals surface area contributed by atoms with Gasteiger partial charge in [-0.05, 0) is 36.7 Å². The number of hydrogen-bond donors (Lipinski definition) is 1. The van der Waals surface area contributed by atoms with E-state index < -0.39 is 11.9 Å². The number of imide groups is 1. The zero-order chi connectivity index (χ0) is 16.3. The van der Waals surface area contributed by atoms with Gasteiger partial charge in [0.15, 0.2) is 0 Å². The van der Waals surface area contributed by atoms with E-state index >= 15 is 0 Å². The molecule has 0 bridgehead atoms. The van der Waals surface area contributed by atoms with E-state index in [2.05, 4.69) is 17.3 Å². The van der Waals surface area contributed by atoms with E-state index in [1.807, 2.05) is 12.1 Å². The summed E-state index contributed by atoms with van der Waals surface area (Å²) in [6, 6.07) is 3.43. The van der Waals surface area contributed by atoms with Crippen molar-refractivity contribution in [3.05, 3.63) is 33.7 Å². The molecule has 1 aromatic carbocycles. The molecular formula is C16H18N4O3. The average molecular weight is 314 g/mol. The van der Waals surface area contributed by atoms with Crippen molar-refractivity contribution < 1.29 is 9.59 Å². The largest absolute Gasteiger partial charge is 0.329 e. The number of aryl methyl sites for hydroxylation is 1. The maximum absolute atomic E-state index is 12.7. The lowest BCUT2D eigenvalue weighted by Gasteiger charge is -2.22. The molecule has 2 aliphatic rings. The zero-order valence-corrected chi connectivity index (χ0v) is 13.1. The van der Waals surface area contributed by atoms with Crippen LogP contribution >= 0.6 is 0 Å². The Balaban J connectivity index is 1.92. The van der Waals surface area contributed by atoms with Gasteiger partial charge in [0.25, 0.3) is 0 Å². The number of piperidine rings is 1. The fourth-order valence-corrected chi connectivity index (χ4v) is 3.65. The molecule has 3 heterocycles. The summed E-state index contributed by atoms with van der Waals surface area (Å²) in [6.45, 7) is 1.70. The molecule has 120 valence electrons. The van der Waals surface area contributed by atoms with Crippen LogP contribution in [0.4, 0.5) is 0 Å². The first-order chi connectivity index (χ1) is 11.0. The predicted molar refractivity (Wildman–Crippen MR) is 83.8 cm³/mol. The Hall–Kier alpha value is -2.41. The van der Waals surface area contributed by atoms with Crippen molar-refractivity contribution in [3.63, 3.8) is 0 Å². The quantitative estimate of drug-likeness (QED) is 0.766. The summed E-state index contributed by atoms with van der Waals surface area (Å²) in [6.07, 6.45) is 0.619. The van der Waals surface area contributed by atoms with Crippen molar-refractivity contribution in [2.75, 3.05) is 7.05 Å². The Morgan fingerprint density at radius 3 is 2.35 bits per heavy atom. The molecule has 2 aliphatic heterocycles. The molecule has 2 amide bonds. The molecule has 0 spiro atoms. The standard InChI is InChI=1S/C16H18N4O3/c1-18-7-9-5-12-13(6-10(9)8-18)20(16(23)19(12)2)11-3-4-14(21)17-15(11)22/h5-6,11H,3-4,7-8H2,1-2H3,(H,17,21,22). The van der Waals surface area contributed by atoms with Gasteiger partial charge in [0.05, 0.1) is 11.0 Å². The molecule has 1 fully saturated rings. The van der Waals surface area contributed by atoms with Crippen LogP contribution in [0.2, 0.25) is 0 Å². The number of hydrogen-bond acceptors (Lipinski definition) is 4. The van der Waals surface area contributed by atoms with E-state index in [-0.39, 0.29) is 18.0 Å². The number of imidazole rings is 1. The highest BCUT2D eigenvalue weighted by Crippen LogP contribution is 2.29. The second-order valence-electron chi connectivity index (χ2n) is 6.46. The molecule has 1 unspecified atom stereocenters. The van der Waals surface area contributed by atoms with E-state index in [0.717, 1.165) is 24.1 Å². The Morgan fingerprint density at radius 2 is 1.70 bits per heavy atom. The highest BCUT2D eigenvalue weighted by Gasteiger charge is 2.31. The monoisotopic (exact) mass is 314 g/mol. The van der Waals surface area contributed by atoms with Gasteiger partial charge < -0.3 is 0 Å². The van der Waals surface area contributed by atoms with Crippen molar-refractivity contribution in [1.82, 2.24) is 19.4 Å². The first-order valence-electron chi connectivity index (χ1n) is 7.70. The van der Waals surface area contributed by atoms with Gasteiger partial charge in [-0.1, -0.05) is 0 Å². The average Bonchev–Trinajstić information content (AvgIpc) is 2.96. The summed E-state index contributed by atoms with van der Waals surface area (Å²) in [5, 5.41) is 2.33. The molecule has 0 aliphatic carbocycles. The molecule has 4 rings (SSSR count). The van der Waals surface area contributed by atoms with Gasteiger partial charge in [0, 0.05) is 26.6 Å². The summed E-state index contributed by atoms with van der Waals surface area (Å²) >= 11 is 0. The molecular weight excluding hydrogens is 296 g/mol. The van der Waals surface area contributed by atoms with E-state index in [1.165, 1.54) is 15.7 Å². The van der Waals surface area contributed by atoms with Gasteiger partial charge in [0.2, 0.25) is 11.8 Å². The third-order valence-corrected chi connectivity index (χ3v) is 4.81. The highest BCUT2D eigenvalue weighted by atomic mass is 16.2. The summed E-state index contributed by atoms with van der Waals surface area (Å²) in [4.78, 5) is 38.4. The number of carbonyl (C=O) groups is 2. The number of carbonyl (C=O) groups excluding carboxylic acids is 2. The molecule has 7 nitrogen and oxygen atoms in total. The van der Waals surface area contributed by atoms with Crippen molar-refractivity contribution >= 4 is 22.8 Å². The van der Waals surface area contributed by atoms with Crippen LogP contribution in [0.5, 0.6) is 0 Å². The van der Waals surface area contributed by atoms with Gasteiger partial charge in [-0.25, -0.2) is 4.79 Å². The fourth-order valence-electron chi connectivity index (χ4n) is 3.65. The van der Waals surface area contributed by atoms with E-state index in [1.54, 1.807) is 11.6 Å². The van der Waals surface area contributed by atoms with E-state index in [0.29, 0.717) is 6.42 Å². The Morgan fingerprint density at radius 1 is 1.04 bits per heavy atom. The summed E-state index contributed by atoms with van der Waals surface area (Å²) in [5.74, 6) is -0.671. The number of nitrogens with zero attached hydrogens (tertiary/aromatic N) is 3. The third-order valence-electron chi connectivity index (χ3n) is 4.81. The van der Waals surface area contributed by atoms with E-state index in [9.17, 15) is 14.4 Å². The molecule has 7 heteroatoms. The van der Waals surface area contributed by atoms with E-state index in [4.69, 9.17) is 0 Å². The van der Waals surface area contributed by atoms with Crippen molar-refractivity contribution in [1.29, 1.82) is 0 Å². The normalized spacial score (nSPS) is 21.7. The zero-order valence-electron chi connectivity index (χ0n) is 13.1. The predicted octanol–water partition coefficient (Wildman–Crippen LogP) is 0.263. The third kappa shape index (κ3) is 2.03. The minimum atomic E-state index is -0.624.